The second-order valence-corrected chi connectivity index (χ2v) is 5.88. The van der Waals surface area contributed by atoms with E-state index in [2.05, 4.69) is 26.2 Å². The molecule has 0 saturated heterocycles. The van der Waals surface area contributed by atoms with E-state index in [1.165, 1.54) is 0 Å². The SMILES string of the molecule is COCCNCCCc1ncc(-c2cc(Cl)ccc2Br)o1. The van der Waals surface area contributed by atoms with Crippen LogP contribution in [0.1, 0.15) is 12.3 Å². The number of nitrogens with zero attached hydrogens (tertiary/aromatic N) is 1. The van der Waals surface area contributed by atoms with Gasteiger partial charge in [-0.2, -0.15) is 0 Å². The van der Waals surface area contributed by atoms with Crippen LogP contribution in [0.3, 0.4) is 0 Å². The highest BCUT2D eigenvalue weighted by Gasteiger charge is 2.10. The van der Waals surface area contributed by atoms with Gasteiger partial charge in [0.2, 0.25) is 0 Å². The fourth-order valence-electron chi connectivity index (χ4n) is 1.90. The van der Waals surface area contributed by atoms with Gasteiger partial charge in [0.05, 0.1) is 12.8 Å². The molecule has 0 fully saturated rings. The molecule has 21 heavy (non-hydrogen) atoms. The van der Waals surface area contributed by atoms with E-state index in [1.807, 2.05) is 18.2 Å². The Hall–Kier alpha value is -0.880. The molecule has 0 amide bonds. The summed E-state index contributed by atoms with van der Waals surface area (Å²) in [7, 11) is 1.70. The monoisotopic (exact) mass is 372 g/mol. The number of aryl methyl sites for hydroxylation is 1. The molecule has 1 N–H and O–H groups in total. The van der Waals surface area contributed by atoms with Crippen molar-refractivity contribution in [3.63, 3.8) is 0 Å². The van der Waals surface area contributed by atoms with Gasteiger partial charge in [0, 0.05) is 35.1 Å². The van der Waals surface area contributed by atoms with Crippen molar-refractivity contribution in [1.82, 2.24) is 10.3 Å². The summed E-state index contributed by atoms with van der Waals surface area (Å²) in [5.74, 6) is 1.47. The summed E-state index contributed by atoms with van der Waals surface area (Å²) in [5.41, 5.74) is 0.916. The van der Waals surface area contributed by atoms with Crippen LogP contribution in [0.2, 0.25) is 5.02 Å². The minimum atomic E-state index is 0.675. The number of nitrogens with one attached hydrogen (secondary N) is 1. The molecule has 1 aromatic heterocycles. The largest absolute Gasteiger partial charge is 0.441 e. The number of ether oxygens (including phenoxy) is 1. The lowest BCUT2D eigenvalue weighted by Gasteiger charge is -2.02. The summed E-state index contributed by atoms with van der Waals surface area (Å²) in [6, 6.07) is 5.60. The fraction of sp³-hybridized carbons (Fsp3) is 0.400. The number of rotatable bonds is 8. The van der Waals surface area contributed by atoms with Crippen LogP contribution < -0.4 is 5.32 Å². The molecule has 2 rings (SSSR count). The lowest BCUT2D eigenvalue weighted by molar-refractivity contribution is 0.199. The second-order valence-electron chi connectivity index (χ2n) is 4.59. The summed E-state index contributed by atoms with van der Waals surface area (Å²) in [6.07, 6.45) is 3.52. The zero-order valence-electron chi connectivity index (χ0n) is 11.9. The maximum Gasteiger partial charge on any atom is 0.194 e. The molecule has 6 heteroatoms. The molecule has 0 spiro atoms. The Morgan fingerprint density at radius 3 is 3.05 bits per heavy atom. The molecule has 2 aromatic rings. The molecule has 0 bridgehead atoms. The topological polar surface area (TPSA) is 47.3 Å². The molecule has 1 aromatic carbocycles. The zero-order chi connectivity index (χ0) is 15.1. The van der Waals surface area contributed by atoms with E-state index in [4.69, 9.17) is 20.8 Å². The highest BCUT2D eigenvalue weighted by Crippen LogP contribution is 2.31. The van der Waals surface area contributed by atoms with E-state index in [9.17, 15) is 0 Å². The Morgan fingerprint density at radius 2 is 2.24 bits per heavy atom. The molecule has 0 aliphatic heterocycles. The van der Waals surface area contributed by atoms with Crippen molar-refractivity contribution in [2.45, 2.75) is 12.8 Å². The summed E-state index contributed by atoms with van der Waals surface area (Å²) >= 11 is 9.51. The summed E-state index contributed by atoms with van der Waals surface area (Å²) < 4.78 is 11.7. The smallest absolute Gasteiger partial charge is 0.194 e. The van der Waals surface area contributed by atoms with Crippen LogP contribution in [0.5, 0.6) is 0 Å². The molecular formula is C15H18BrClN2O2. The van der Waals surface area contributed by atoms with Gasteiger partial charge in [-0.3, -0.25) is 0 Å². The number of hydrogen-bond donors (Lipinski definition) is 1. The van der Waals surface area contributed by atoms with Gasteiger partial charge in [0.1, 0.15) is 0 Å². The van der Waals surface area contributed by atoms with Crippen molar-refractivity contribution < 1.29 is 9.15 Å². The van der Waals surface area contributed by atoms with Gasteiger partial charge < -0.3 is 14.5 Å². The van der Waals surface area contributed by atoms with Crippen molar-refractivity contribution in [1.29, 1.82) is 0 Å². The van der Waals surface area contributed by atoms with Crippen LogP contribution in [-0.2, 0) is 11.2 Å². The third-order valence-electron chi connectivity index (χ3n) is 2.97. The first-order chi connectivity index (χ1) is 10.2. The first-order valence-electron chi connectivity index (χ1n) is 6.80. The van der Waals surface area contributed by atoms with Crippen LogP contribution in [0.15, 0.2) is 33.3 Å². The van der Waals surface area contributed by atoms with E-state index in [0.717, 1.165) is 54.2 Å². The van der Waals surface area contributed by atoms with Gasteiger partial charge in [-0.1, -0.05) is 27.5 Å². The maximum atomic E-state index is 6.02. The van der Waals surface area contributed by atoms with Gasteiger partial charge in [0.15, 0.2) is 11.7 Å². The van der Waals surface area contributed by atoms with E-state index in [0.29, 0.717) is 5.02 Å². The standard InChI is InChI=1S/C15H18BrClN2O2/c1-20-8-7-18-6-2-3-15-19-10-14(21-15)12-9-11(17)4-5-13(12)16/h4-5,9-10,18H,2-3,6-8H2,1H3. The first kappa shape index (κ1) is 16.5. The molecule has 0 unspecified atom stereocenters. The van der Waals surface area contributed by atoms with Crippen LogP contribution in [0, 0.1) is 0 Å². The van der Waals surface area contributed by atoms with Crippen molar-refractivity contribution in [2.24, 2.45) is 0 Å². The average Bonchev–Trinajstić information content (AvgIpc) is 2.94. The number of methoxy groups -OCH3 is 1. The maximum absolute atomic E-state index is 6.02. The van der Waals surface area contributed by atoms with E-state index < -0.39 is 0 Å². The molecule has 0 radical (unpaired) electrons. The van der Waals surface area contributed by atoms with Gasteiger partial charge >= 0.3 is 0 Å². The molecule has 0 atom stereocenters. The number of hydrogen-bond acceptors (Lipinski definition) is 4. The minimum absolute atomic E-state index is 0.675. The normalized spacial score (nSPS) is 11.0. The second kappa shape index (κ2) is 8.54. The Labute approximate surface area is 138 Å². The van der Waals surface area contributed by atoms with E-state index >= 15 is 0 Å². The number of benzene rings is 1. The number of oxazole rings is 1. The lowest BCUT2D eigenvalue weighted by atomic mass is 10.2. The van der Waals surface area contributed by atoms with Crippen molar-refractivity contribution in [3.8, 4) is 11.3 Å². The predicted molar refractivity (Wildman–Crippen MR) is 87.7 cm³/mol. The number of aromatic nitrogens is 1. The molecular weight excluding hydrogens is 356 g/mol. The van der Waals surface area contributed by atoms with E-state index in [1.54, 1.807) is 13.3 Å². The zero-order valence-corrected chi connectivity index (χ0v) is 14.2. The van der Waals surface area contributed by atoms with Gasteiger partial charge in [-0.25, -0.2) is 4.98 Å². The average molecular weight is 374 g/mol. The molecule has 4 nitrogen and oxygen atoms in total. The van der Waals surface area contributed by atoms with Crippen molar-refractivity contribution >= 4 is 27.5 Å². The van der Waals surface area contributed by atoms with Gasteiger partial charge in [-0.05, 0) is 31.2 Å². The lowest BCUT2D eigenvalue weighted by Crippen LogP contribution is -2.20. The molecule has 1 heterocycles. The van der Waals surface area contributed by atoms with Crippen LogP contribution in [0.25, 0.3) is 11.3 Å². The highest BCUT2D eigenvalue weighted by atomic mass is 79.9. The predicted octanol–water partition coefficient (Wildman–Crippen LogP) is 3.93. The Balaban J connectivity index is 1.88. The molecule has 0 aliphatic carbocycles. The van der Waals surface area contributed by atoms with Gasteiger partial charge in [0.25, 0.3) is 0 Å². The van der Waals surface area contributed by atoms with Crippen molar-refractivity contribution in [2.75, 3.05) is 26.8 Å². The third kappa shape index (κ3) is 5.11. The summed E-state index contributed by atoms with van der Waals surface area (Å²) in [4.78, 5) is 4.31. The quantitative estimate of drug-likeness (QED) is 0.712. The molecule has 0 saturated carbocycles. The Bertz CT molecular complexity index is 575. The Morgan fingerprint density at radius 1 is 1.38 bits per heavy atom. The molecule has 0 aliphatic rings. The van der Waals surface area contributed by atoms with Crippen molar-refractivity contribution in [3.05, 3.63) is 39.8 Å². The third-order valence-corrected chi connectivity index (χ3v) is 3.90. The molecule has 114 valence electrons. The van der Waals surface area contributed by atoms with Crippen LogP contribution in [0.4, 0.5) is 0 Å². The Kier molecular flexibility index (Phi) is 6.70. The van der Waals surface area contributed by atoms with Crippen LogP contribution in [-0.4, -0.2) is 31.8 Å². The van der Waals surface area contributed by atoms with Gasteiger partial charge in [-0.15, -0.1) is 0 Å². The highest BCUT2D eigenvalue weighted by molar-refractivity contribution is 9.10. The first-order valence-corrected chi connectivity index (χ1v) is 7.97. The van der Waals surface area contributed by atoms with E-state index in [-0.39, 0.29) is 0 Å². The number of halogens is 2. The summed E-state index contributed by atoms with van der Waals surface area (Å²) in [5, 5.41) is 3.97. The minimum Gasteiger partial charge on any atom is -0.441 e. The fourth-order valence-corrected chi connectivity index (χ4v) is 2.51. The van der Waals surface area contributed by atoms with Crippen LogP contribution >= 0.6 is 27.5 Å². The summed E-state index contributed by atoms with van der Waals surface area (Å²) in [6.45, 7) is 2.51.